The molecule has 0 aliphatic heterocycles. The summed E-state index contributed by atoms with van der Waals surface area (Å²) in [6.45, 7) is 0.135. The fourth-order valence-corrected chi connectivity index (χ4v) is 2.40. The Morgan fingerprint density at radius 1 is 1.14 bits per heavy atom. The monoisotopic (exact) mass is 287 g/mol. The molecule has 2 aromatic carbocycles. The highest BCUT2D eigenvalue weighted by atomic mass is 19.1. The molecule has 0 radical (unpaired) electrons. The zero-order valence-corrected chi connectivity index (χ0v) is 10.9. The van der Waals surface area contributed by atoms with Crippen LogP contribution in [0.2, 0.25) is 0 Å². The number of fused-ring (bicyclic) bond motifs is 1. The third-order valence-electron chi connectivity index (χ3n) is 3.39. The van der Waals surface area contributed by atoms with Gasteiger partial charge in [0.25, 0.3) is 0 Å². The van der Waals surface area contributed by atoms with E-state index in [1.807, 2.05) is 0 Å². The van der Waals surface area contributed by atoms with Crippen molar-refractivity contribution in [2.24, 2.45) is 0 Å². The number of halogens is 2. The molecule has 1 aromatic heterocycles. The third kappa shape index (κ3) is 2.38. The van der Waals surface area contributed by atoms with Gasteiger partial charge in [0.2, 0.25) is 0 Å². The average Bonchev–Trinajstić information content (AvgIpc) is 2.86. The van der Waals surface area contributed by atoms with Crippen LogP contribution >= 0.6 is 0 Å². The van der Waals surface area contributed by atoms with E-state index in [-0.39, 0.29) is 17.7 Å². The molecule has 0 aliphatic carbocycles. The summed E-state index contributed by atoms with van der Waals surface area (Å²) in [7, 11) is 0. The summed E-state index contributed by atoms with van der Waals surface area (Å²) in [5.41, 5.74) is 1.07. The van der Waals surface area contributed by atoms with Crippen molar-refractivity contribution in [3.05, 3.63) is 71.4 Å². The molecule has 0 fully saturated rings. The molecule has 0 atom stereocenters. The molecule has 0 saturated carbocycles. The third-order valence-corrected chi connectivity index (χ3v) is 3.39. The Morgan fingerprint density at radius 3 is 2.71 bits per heavy atom. The van der Waals surface area contributed by atoms with Crippen LogP contribution in [0.15, 0.2) is 48.7 Å². The maximum atomic E-state index is 13.7. The van der Waals surface area contributed by atoms with Crippen LogP contribution in [-0.2, 0) is 6.54 Å². The second-order valence-corrected chi connectivity index (χ2v) is 4.72. The Bertz CT molecular complexity index is 839. The van der Waals surface area contributed by atoms with Crippen molar-refractivity contribution in [2.75, 3.05) is 0 Å². The van der Waals surface area contributed by atoms with E-state index >= 15 is 0 Å². The number of aromatic nitrogens is 1. The number of carboxylic acids is 1. The molecule has 0 bridgehead atoms. The molecular weight excluding hydrogens is 276 g/mol. The van der Waals surface area contributed by atoms with Gasteiger partial charge in [-0.3, -0.25) is 0 Å². The average molecular weight is 287 g/mol. The number of carbonyl (C=O) groups is 1. The van der Waals surface area contributed by atoms with Gasteiger partial charge < -0.3 is 9.67 Å². The van der Waals surface area contributed by atoms with Gasteiger partial charge in [-0.2, -0.15) is 0 Å². The van der Waals surface area contributed by atoms with Gasteiger partial charge in [0.05, 0.1) is 12.1 Å². The van der Waals surface area contributed by atoms with Crippen molar-refractivity contribution in [3.8, 4) is 0 Å². The summed E-state index contributed by atoms with van der Waals surface area (Å²) in [6.07, 6.45) is 1.67. The van der Waals surface area contributed by atoms with E-state index in [1.165, 1.54) is 6.07 Å². The quantitative estimate of drug-likeness (QED) is 0.798. The lowest BCUT2D eigenvalue weighted by atomic mass is 10.1. The van der Waals surface area contributed by atoms with Crippen LogP contribution in [0.3, 0.4) is 0 Å². The lowest BCUT2D eigenvalue weighted by molar-refractivity contribution is 0.0699. The molecule has 0 saturated heterocycles. The Balaban J connectivity index is 2.08. The van der Waals surface area contributed by atoms with Crippen molar-refractivity contribution < 1.29 is 18.7 Å². The van der Waals surface area contributed by atoms with Crippen LogP contribution < -0.4 is 0 Å². The zero-order valence-electron chi connectivity index (χ0n) is 10.9. The van der Waals surface area contributed by atoms with E-state index in [9.17, 15) is 13.6 Å². The minimum Gasteiger partial charge on any atom is -0.478 e. The van der Waals surface area contributed by atoms with Gasteiger partial charge in [-0.1, -0.05) is 6.07 Å². The van der Waals surface area contributed by atoms with E-state index < -0.39 is 17.6 Å². The smallest absolute Gasteiger partial charge is 0.336 e. The van der Waals surface area contributed by atoms with Gasteiger partial charge in [0, 0.05) is 22.7 Å². The van der Waals surface area contributed by atoms with Gasteiger partial charge in [-0.05, 0) is 36.4 Å². The van der Waals surface area contributed by atoms with Crippen LogP contribution in [0.25, 0.3) is 10.9 Å². The number of carboxylic acid groups (broad SMARTS) is 1. The summed E-state index contributed by atoms with van der Waals surface area (Å²) >= 11 is 0. The van der Waals surface area contributed by atoms with Crippen molar-refractivity contribution in [1.29, 1.82) is 0 Å². The molecule has 1 heterocycles. The Hall–Kier alpha value is -2.69. The van der Waals surface area contributed by atoms with Gasteiger partial charge in [0.1, 0.15) is 11.6 Å². The number of benzene rings is 2. The highest BCUT2D eigenvalue weighted by Gasteiger charge is 2.12. The first-order valence-electron chi connectivity index (χ1n) is 6.31. The normalized spacial score (nSPS) is 11.0. The molecule has 0 spiro atoms. The number of hydrogen-bond acceptors (Lipinski definition) is 1. The first-order valence-corrected chi connectivity index (χ1v) is 6.31. The van der Waals surface area contributed by atoms with Gasteiger partial charge >= 0.3 is 5.97 Å². The first-order chi connectivity index (χ1) is 10.1. The second-order valence-electron chi connectivity index (χ2n) is 4.72. The molecule has 0 amide bonds. The predicted molar refractivity (Wildman–Crippen MR) is 74.4 cm³/mol. The Morgan fingerprint density at radius 2 is 1.95 bits per heavy atom. The molecule has 106 valence electrons. The SMILES string of the molecule is O=C(O)c1cccc2c1ccn2Cc1cc(F)ccc1F. The molecule has 0 unspecified atom stereocenters. The topological polar surface area (TPSA) is 42.2 Å². The molecule has 3 rings (SSSR count). The fourth-order valence-electron chi connectivity index (χ4n) is 2.40. The maximum absolute atomic E-state index is 13.7. The Labute approximate surface area is 119 Å². The van der Waals surface area contributed by atoms with Gasteiger partial charge in [-0.15, -0.1) is 0 Å². The van der Waals surface area contributed by atoms with Crippen LogP contribution in [0.5, 0.6) is 0 Å². The van der Waals surface area contributed by atoms with Crippen molar-refractivity contribution >= 4 is 16.9 Å². The highest BCUT2D eigenvalue weighted by Crippen LogP contribution is 2.22. The van der Waals surface area contributed by atoms with E-state index in [0.717, 1.165) is 18.2 Å². The van der Waals surface area contributed by atoms with E-state index in [4.69, 9.17) is 5.11 Å². The van der Waals surface area contributed by atoms with Crippen LogP contribution in [-0.4, -0.2) is 15.6 Å². The van der Waals surface area contributed by atoms with Crippen LogP contribution in [0.1, 0.15) is 15.9 Å². The maximum Gasteiger partial charge on any atom is 0.336 e. The molecule has 3 nitrogen and oxygen atoms in total. The minimum absolute atomic E-state index is 0.135. The fraction of sp³-hybridized carbons (Fsp3) is 0.0625. The lowest BCUT2D eigenvalue weighted by Crippen LogP contribution is -2.02. The largest absolute Gasteiger partial charge is 0.478 e. The van der Waals surface area contributed by atoms with Crippen molar-refractivity contribution in [2.45, 2.75) is 6.54 Å². The van der Waals surface area contributed by atoms with Crippen LogP contribution in [0, 0.1) is 11.6 Å². The van der Waals surface area contributed by atoms with E-state index in [2.05, 4.69) is 0 Å². The number of rotatable bonds is 3. The summed E-state index contributed by atoms with van der Waals surface area (Å²) < 4.78 is 28.6. The zero-order chi connectivity index (χ0) is 15.0. The van der Waals surface area contributed by atoms with Crippen molar-refractivity contribution in [3.63, 3.8) is 0 Å². The summed E-state index contributed by atoms with van der Waals surface area (Å²) in [6, 6.07) is 9.84. The molecular formula is C16H11F2NO2. The molecule has 1 N–H and O–H groups in total. The molecule has 21 heavy (non-hydrogen) atoms. The molecule has 5 heteroatoms. The highest BCUT2D eigenvalue weighted by molar-refractivity contribution is 6.02. The minimum atomic E-state index is -1.02. The van der Waals surface area contributed by atoms with Gasteiger partial charge in [0.15, 0.2) is 0 Å². The summed E-state index contributed by atoms with van der Waals surface area (Å²) in [5.74, 6) is -2.02. The van der Waals surface area contributed by atoms with E-state index in [1.54, 1.807) is 29.0 Å². The summed E-state index contributed by atoms with van der Waals surface area (Å²) in [5, 5.41) is 9.71. The van der Waals surface area contributed by atoms with Crippen LogP contribution in [0.4, 0.5) is 8.78 Å². The number of nitrogens with zero attached hydrogens (tertiary/aromatic N) is 1. The second kappa shape index (κ2) is 5.01. The predicted octanol–water partition coefficient (Wildman–Crippen LogP) is 3.67. The number of hydrogen-bond donors (Lipinski definition) is 1. The lowest BCUT2D eigenvalue weighted by Gasteiger charge is -2.07. The van der Waals surface area contributed by atoms with Gasteiger partial charge in [-0.25, -0.2) is 13.6 Å². The van der Waals surface area contributed by atoms with E-state index in [0.29, 0.717) is 10.9 Å². The number of aromatic carboxylic acids is 1. The molecule has 0 aliphatic rings. The first kappa shape index (κ1) is 13.3. The molecule has 3 aromatic rings. The summed E-state index contributed by atoms with van der Waals surface area (Å²) in [4.78, 5) is 11.2. The van der Waals surface area contributed by atoms with Crippen molar-refractivity contribution in [1.82, 2.24) is 4.57 Å². The standard InChI is InChI=1S/C16H11F2NO2/c17-11-4-5-14(18)10(8-11)9-19-7-6-12-13(16(20)21)2-1-3-15(12)19/h1-8H,9H2,(H,20,21). The Kier molecular flexibility index (Phi) is 3.17.